The average molecular weight is 372 g/mol. The SMILES string of the molecule is CC1CC1(COCc1ccccc1)N(Cc1ccccc1)Cc1ccccc1. The quantitative estimate of drug-likeness (QED) is 0.479. The molecule has 1 saturated carbocycles. The van der Waals surface area contributed by atoms with Gasteiger partial charge in [0.25, 0.3) is 0 Å². The van der Waals surface area contributed by atoms with Crippen LogP contribution in [0.2, 0.25) is 0 Å². The van der Waals surface area contributed by atoms with E-state index in [-0.39, 0.29) is 5.54 Å². The molecule has 1 aliphatic rings. The van der Waals surface area contributed by atoms with Gasteiger partial charge in [0.2, 0.25) is 0 Å². The van der Waals surface area contributed by atoms with E-state index in [4.69, 9.17) is 4.74 Å². The average Bonchev–Trinajstić information content (AvgIpc) is 3.40. The molecule has 0 radical (unpaired) electrons. The summed E-state index contributed by atoms with van der Waals surface area (Å²) in [6, 6.07) is 32.1. The summed E-state index contributed by atoms with van der Waals surface area (Å²) in [5, 5.41) is 0. The lowest BCUT2D eigenvalue weighted by Crippen LogP contribution is -2.41. The number of rotatable bonds is 9. The molecule has 0 N–H and O–H groups in total. The van der Waals surface area contributed by atoms with Gasteiger partial charge in [-0.3, -0.25) is 4.90 Å². The number of hydrogen-bond acceptors (Lipinski definition) is 2. The first kappa shape index (κ1) is 18.9. The summed E-state index contributed by atoms with van der Waals surface area (Å²) in [6.45, 7) is 5.72. The van der Waals surface area contributed by atoms with Gasteiger partial charge >= 0.3 is 0 Å². The normalized spacial score (nSPS) is 21.0. The zero-order valence-electron chi connectivity index (χ0n) is 16.6. The Balaban J connectivity index is 1.49. The van der Waals surface area contributed by atoms with Crippen LogP contribution in [0.25, 0.3) is 0 Å². The monoisotopic (exact) mass is 371 g/mol. The van der Waals surface area contributed by atoms with Gasteiger partial charge in [0.1, 0.15) is 0 Å². The summed E-state index contributed by atoms with van der Waals surface area (Å²) < 4.78 is 6.23. The summed E-state index contributed by atoms with van der Waals surface area (Å²) in [6.07, 6.45) is 1.20. The van der Waals surface area contributed by atoms with Gasteiger partial charge in [-0.1, -0.05) is 97.9 Å². The molecular weight excluding hydrogens is 342 g/mol. The highest BCUT2D eigenvalue weighted by Gasteiger charge is 2.55. The van der Waals surface area contributed by atoms with Crippen molar-refractivity contribution in [1.29, 1.82) is 0 Å². The highest BCUT2D eigenvalue weighted by molar-refractivity contribution is 5.21. The molecule has 144 valence electrons. The molecule has 0 bridgehead atoms. The first-order valence-electron chi connectivity index (χ1n) is 10.2. The highest BCUT2D eigenvalue weighted by atomic mass is 16.5. The summed E-state index contributed by atoms with van der Waals surface area (Å²) in [5.74, 6) is 0.649. The van der Waals surface area contributed by atoms with E-state index >= 15 is 0 Å². The van der Waals surface area contributed by atoms with Crippen molar-refractivity contribution in [2.45, 2.75) is 38.6 Å². The van der Waals surface area contributed by atoms with Crippen LogP contribution in [0.3, 0.4) is 0 Å². The second-order valence-electron chi connectivity index (χ2n) is 8.01. The molecule has 2 nitrogen and oxygen atoms in total. The zero-order chi connectivity index (χ0) is 19.2. The van der Waals surface area contributed by atoms with Crippen LogP contribution in [0.5, 0.6) is 0 Å². The fourth-order valence-corrected chi connectivity index (χ4v) is 4.10. The fraction of sp³-hybridized carbons (Fsp3) is 0.308. The van der Waals surface area contributed by atoms with Gasteiger partial charge in [-0.05, 0) is 29.0 Å². The molecule has 2 atom stereocenters. The Kier molecular flexibility index (Phi) is 5.90. The maximum atomic E-state index is 6.23. The van der Waals surface area contributed by atoms with E-state index in [1.54, 1.807) is 0 Å². The van der Waals surface area contributed by atoms with Gasteiger partial charge in [0.05, 0.1) is 13.2 Å². The largest absolute Gasteiger partial charge is 0.375 e. The van der Waals surface area contributed by atoms with Crippen LogP contribution in [0.4, 0.5) is 0 Å². The van der Waals surface area contributed by atoms with Crippen molar-refractivity contribution in [1.82, 2.24) is 4.90 Å². The Labute approximate surface area is 168 Å². The Morgan fingerprint density at radius 3 is 1.61 bits per heavy atom. The van der Waals surface area contributed by atoms with Crippen LogP contribution < -0.4 is 0 Å². The summed E-state index contributed by atoms with van der Waals surface area (Å²) >= 11 is 0. The van der Waals surface area contributed by atoms with Crippen LogP contribution in [-0.4, -0.2) is 17.0 Å². The molecule has 0 aromatic heterocycles. The molecule has 0 heterocycles. The molecule has 2 unspecified atom stereocenters. The predicted octanol–water partition coefficient (Wildman–Crippen LogP) is 5.68. The van der Waals surface area contributed by atoms with Gasteiger partial charge in [-0.15, -0.1) is 0 Å². The third-order valence-corrected chi connectivity index (χ3v) is 5.94. The Hall–Kier alpha value is -2.42. The van der Waals surface area contributed by atoms with Crippen molar-refractivity contribution in [3.63, 3.8) is 0 Å². The van der Waals surface area contributed by atoms with E-state index in [0.29, 0.717) is 12.5 Å². The van der Waals surface area contributed by atoms with Gasteiger partial charge in [-0.25, -0.2) is 0 Å². The summed E-state index contributed by atoms with van der Waals surface area (Å²) in [4.78, 5) is 2.63. The molecule has 3 aromatic carbocycles. The first-order valence-corrected chi connectivity index (χ1v) is 10.2. The molecule has 1 fully saturated rings. The maximum Gasteiger partial charge on any atom is 0.0717 e. The third kappa shape index (κ3) is 4.52. The first-order chi connectivity index (χ1) is 13.8. The number of nitrogens with zero attached hydrogens (tertiary/aromatic N) is 1. The van der Waals surface area contributed by atoms with Crippen LogP contribution in [-0.2, 0) is 24.4 Å². The van der Waals surface area contributed by atoms with Crippen LogP contribution in [0.1, 0.15) is 30.0 Å². The summed E-state index contributed by atoms with van der Waals surface area (Å²) in [5.41, 5.74) is 4.09. The van der Waals surface area contributed by atoms with E-state index in [1.807, 2.05) is 0 Å². The topological polar surface area (TPSA) is 12.5 Å². The van der Waals surface area contributed by atoms with Crippen LogP contribution in [0, 0.1) is 5.92 Å². The van der Waals surface area contributed by atoms with Gasteiger partial charge < -0.3 is 4.74 Å². The molecule has 0 aliphatic heterocycles. The van der Waals surface area contributed by atoms with Crippen molar-refractivity contribution >= 4 is 0 Å². The minimum Gasteiger partial charge on any atom is -0.375 e. The van der Waals surface area contributed by atoms with Crippen molar-refractivity contribution in [3.8, 4) is 0 Å². The van der Waals surface area contributed by atoms with Crippen LogP contribution in [0.15, 0.2) is 91.0 Å². The predicted molar refractivity (Wildman–Crippen MR) is 115 cm³/mol. The smallest absolute Gasteiger partial charge is 0.0717 e. The molecule has 4 rings (SSSR count). The lowest BCUT2D eigenvalue weighted by Gasteiger charge is -2.33. The van der Waals surface area contributed by atoms with E-state index in [0.717, 1.165) is 19.7 Å². The maximum absolute atomic E-state index is 6.23. The number of hydrogen-bond donors (Lipinski definition) is 0. The highest BCUT2D eigenvalue weighted by Crippen LogP contribution is 2.49. The second-order valence-corrected chi connectivity index (χ2v) is 8.01. The molecule has 0 spiro atoms. The van der Waals surface area contributed by atoms with Crippen molar-refractivity contribution in [3.05, 3.63) is 108 Å². The second kappa shape index (κ2) is 8.72. The molecule has 1 aliphatic carbocycles. The minimum atomic E-state index is 0.125. The fourth-order valence-electron chi connectivity index (χ4n) is 4.10. The van der Waals surface area contributed by atoms with E-state index < -0.39 is 0 Å². The van der Waals surface area contributed by atoms with E-state index in [2.05, 4.69) is 103 Å². The molecule has 3 aromatic rings. The van der Waals surface area contributed by atoms with Gasteiger partial charge in [0.15, 0.2) is 0 Å². The Morgan fingerprint density at radius 2 is 1.18 bits per heavy atom. The van der Waals surface area contributed by atoms with Gasteiger partial charge in [-0.2, -0.15) is 0 Å². The lowest BCUT2D eigenvalue weighted by atomic mass is 10.1. The summed E-state index contributed by atoms with van der Waals surface area (Å²) in [7, 11) is 0. The van der Waals surface area contributed by atoms with Crippen molar-refractivity contribution in [2.24, 2.45) is 5.92 Å². The Morgan fingerprint density at radius 1 is 0.750 bits per heavy atom. The lowest BCUT2D eigenvalue weighted by molar-refractivity contribution is 0.0228. The molecule has 28 heavy (non-hydrogen) atoms. The molecule has 0 amide bonds. The van der Waals surface area contributed by atoms with Gasteiger partial charge in [0, 0.05) is 18.6 Å². The van der Waals surface area contributed by atoms with Crippen LogP contribution >= 0.6 is 0 Å². The van der Waals surface area contributed by atoms with Crippen molar-refractivity contribution < 1.29 is 4.74 Å². The minimum absolute atomic E-state index is 0.125. The van der Waals surface area contributed by atoms with E-state index in [9.17, 15) is 0 Å². The number of benzene rings is 3. The zero-order valence-corrected chi connectivity index (χ0v) is 16.6. The molecule has 2 heteroatoms. The number of ether oxygens (including phenoxy) is 1. The third-order valence-electron chi connectivity index (χ3n) is 5.94. The standard InChI is InChI=1S/C26H29NO/c1-22-17-26(22,21-28-20-25-15-9-4-10-16-25)27(18-23-11-5-2-6-12-23)19-24-13-7-3-8-14-24/h2-16,22H,17-21H2,1H3. The van der Waals surface area contributed by atoms with Crippen molar-refractivity contribution in [2.75, 3.05) is 6.61 Å². The molecule has 0 saturated heterocycles. The molecular formula is C26H29NO. The van der Waals surface area contributed by atoms with E-state index in [1.165, 1.54) is 23.1 Å². The Bertz CT molecular complexity index is 808.